The number of carbonyl (C=O) groups excluding carboxylic acids is 1. The Morgan fingerprint density at radius 3 is 2.68 bits per heavy atom. The van der Waals surface area contributed by atoms with Crippen LogP contribution in [0.3, 0.4) is 0 Å². The molecular formula is C13H23NO3S2. The first-order valence-electron chi connectivity index (χ1n) is 7.06. The summed E-state index contributed by atoms with van der Waals surface area (Å²) in [5, 5.41) is 0.169. The van der Waals surface area contributed by atoms with E-state index in [1.807, 2.05) is 0 Å². The van der Waals surface area contributed by atoms with Gasteiger partial charge in [-0.2, -0.15) is 11.8 Å². The van der Waals surface area contributed by atoms with Crippen molar-refractivity contribution >= 4 is 27.6 Å². The molecule has 0 spiro atoms. The van der Waals surface area contributed by atoms with Gasteiger partial charge in [-0.1, -0.05) is 6.42 Å². The number of thioether (sulfide) groups is 1. The molecule has 0 saturated carbocycles. The van der Waals surface area contributed by atoms with Gasteiger partial charge in [0.25, 0.3) is 0 Å². The van der Waals surface area contributed by atoms with Crippen LogP contribution in [-0.2, 0) is 14.8 Å². The minimum absolute atomic E-state index is 0.169. The average Bonchev–Trinajstić information content (AvgIpc) is 2.39. The third-order valence-corrected chi connectivity index (χ3v) is 6.67. The standard InChI is InChI=1S/C13H23NO3S2/c1-19(16,17)14-7-4-5-11(10-14)9-12(15)13-6-2-3-8-18-13/h11,13H,2-10H2,1H3. The summed E-state index contributed by atoms with van der Waals surface area (Å²) in [4.78, 5) is 12.2. The second-order valence-corrected chi connectivity index (χ2v) is 8.95. The van der Waals surface area contributed by atoms with Crippen molar-refractivity contribution in [2.45, 2.75) is 43.8 Å². The maximum Gasteiger partial charge on any atom is 0.211 e. The van der Waals surface area contributed by atoms with Crippen LogP contribution >= 0.6 is 11.8 Å². The Hall–Kier alpha value is -0.0700. The van der Waals surface area contributed by atoms with E-state index >= 15 is 0 Å². The van der Waals surface area contributed by atoms with Crippen molar-refractivity contribution in [3.63, 3.8) is 0 Å². The maximum atomic E-state index is 12.2. The van der Waals surface area contributed by atoms with Crippen LogP contribution in [0, 0.1) is 5.92 Å². The van der Waals surface area contributed by atoms with E-state index in [0.29, 0.717) is 25.3 Å². The summed E-state index contributed by atoms with van der Waals surface area (Å²) < 4.78 is 24.6. The topological polar surface area (TPSA) is 54.5 Å². The van der Waals surface area contributed by atoms with Crippen molar-refractivity contribution in [3.8, 4) is 0 Å². The predicted octanol–water partition coefficient (Wildman–Crippen LogP) is 1.90. The van der Waals surface area contributed by atoms with E-state index < -0.39 is 10.0 Å². The first-order valence-corrected chi connectivity index (χ1v) is 9.96. The highest BCUT2D eigenvalue weighted by molar-refractivity contribution is 8.00. The number of ketones is 1. The van der Waals surface area contributed by atoms with Crippen LogP contribution in [0.25, 0.3) is 0 Å². The summed E-state index contributed by atoms with van der Waals surface area (Å²) in [5.74, 6) is 1.65. The molecule has 110 valence electrons. The largest absolute Gasteiger partial charge is 0.298 e. The Morgan fingerprint density at radius 2 is 2.05 bits per heavy atom. The zero-order valence-electron chi connectivity index (χ0n) is 11.5. The zero-order valence-corrected chi connectivity index (χ0v) is 13.1. The fraction of sp³-hybridized carbons (Fsp3) is 0.923. The second-order valence-electron chi connectivity index (χ2n) is 5.65. The van der Waals surface area contributed by atoms with Crippen LogP contribution < -0.4 is 0 Å². The molecule has 2 atom stereocenters. The Bertz CT molecular complexity index is 416. The fourth-order valence-electron chi connectivity index (χ4n) is 2.91. The molecule has 4 nitrogen and oxygen atoms in total. The molecule has 0 N–H and O–H groups in total. The van der Waals surface area contributed by atoms with Gasteiger partial charge in [0, 0.05) is 19.5 Å². The number of hydrogen-bond donors (Lipinski definition) is 0. The van der Waals surface area contributed by atoms with E-state index in [4.69, 9.17) is 0 Å². The highest BCUT2D eigenvalue weighted by atomic mass is 32.2. The number of carbonyl (C=O) groups is 1. The van der Waals surface area contributed by atoms with E-state index in [2.05, 4.69) is 0 Å². The SMILES string of the molecule is CS(=O)(=O)N1CCCC(CC(=O)C2CCCCS2)C1. The average molecular weight is 305 g/mol. The number of sulfonamides is 1. The Balaban J connectivity index is 1.86. The van der Waals surface area contributed by atoms with Crippen molar-refractivity contribution in [1.82, 2.24) is 4.31 Å². The molecule has 2 unspecified atom stereocenters. The molecule has 0 radical (unpaired) electrons. The fourth-order valence-corrected chi connectivity index (χ4v) is 5.12. The molecule has 2 saturated heterocycles. The van der Waals surface area contributed by atoms with Crippen molar-refractivity contribution in [3.05, 3.63) is 0 Å². The van der Waals surface area contributed by atoms with E-state index in [1.165, 1.54) is 17.0 Å². The van der Waals surface area contributed by atoms with Crippen LogP contribution in [0.15, 0.2) is 0 Å². The van der Waals surface area contributed by atoms with Crippen molar-refractivity contribution < 1.29 is 13.2 Å². The molecule has 0 aliphatic carbocycles. The molecule has 0 amide bonds. The maximum absolute atomic E-state index is 12.2. The first-order chi connectivity index (χ1) is 8.97. The molecule has 0 bridgehead atoms. The van der Waals surface area contributed by atoms with E-state index in [0.717, 1.165) is 31.4 Å². The van der Waals surface area contributed by atoms with E-state index in [1.54, 1.807) is 11.8 Å². The third-order valence-electron chi connectivity index (χ3n) is 3.98. The molecular weight excluding hydrogens is 282 g/mol. The zero-order chi connectivity index (χ0) is 13.9. The predicted molar refractivity (Wildman–Crippen MR) is 78.9 cm³/mol. The quantitative estimate of drug-likeness (QED) is 0.796. The van der Waals surface area contributed by atoms with Gasteiger partial charge in [-0.05, 0) is 37.4 Å². The molecule has 2 rings (SSSR count). The summed E-state index contributed by atoms with van der Waals surface area (Å²) in [7, 11) is -3.10. The summed E-state index contributed by atoms with van der Waals surface area (Å²) in [6, 6.07) is 0. The van der Waals surface area contributed by atoms with E-state index in [-0.39, 0.29) is 11.2 Å². The molecule has 19 heavy (non-hydrogen) atoms. The highest BCUT2D eigenvalue weighted by Crippen LogP contribution is 2.29. The lowest BCUT2D eigenvalue weighted by Crippen LogP contribution is -2.40. The van der Waals surface area contributed by atoms with Gasteiger partial charge in [-0.3, -0.25) is 4.79 Å². The van der Waals surface area contributed by atoms with Gasteiger partial charge in [0.2, 0.25) is 10.0 Å². The molecule has 2 aliphatic heterocycles. The van der Waals surface area contributed by atoms with Crippen LogP contribution in [0.5, 0.6) is 0 Å². The first kappa shape index (κ1) is 15.3. The summed E-state index contributed by atoms with van der Waals surface area (Å²) in [6.07, 6.45) is 7.06. The summed E-state index contributed by atoms with van der Waals surface area (Å²) in [5.41, 5.74) is 0. The van der Waals surface area contributed by atoms with Crippen LogP contribution in [0.4, 0.5) is 0 Å². The lowest BCUT2D eigenvalue weighted by molar-refractivity contribution is -0.119. The molecule has 6 heteroatoms. The van der Waals surface area contributed by atoms with Gasteiger partial charge in [-0.15, -0.1) is 0 Å². The minimum atomic E-state index is -3.10. The smallest absolute Gasteiger partial charge is 0.211 e. The Labute approximate surface area is 120 Å². The van der Waals surface area contributed by atoms with Crippen LogP contribution in [0.1, 0.15) is 38.5 Å². The molecule has 2 aliphatic rings. The van der Waals surface area contributed by atoms with Gasteiger partial charge in [-0.25, -0.2) is 12.7 Å². The van der Waals surface area contributed by atoms with Gasteiger partial charge in [0.1, 0.15) is 5.78 Å². The van der Waals surface area contributed by atoms with Gasteiger partial charge in [0.05, 0.1) is 11.5 Å². The summed E-state index contributed by atoms with van der Waals surface area (Å²) in [6.45, 7) is 1.14. The molecule has 0 aromatic carbocycles. The third kappa shape index (κ3) is 4.46. The Morgan fingerprint density at radius 1 is 1.26 bits per heavy atom. The van der Waals surface area contributed by atoms with Crippen molar-refractivity contribution in [1.29, 1.82) is 0 Å². The van der Waals surface area contributed by atoms with E-state index in [9.17, 15) is 13.2 Å². The molecule has 2 fully saturated rings. The number of hydrogen-bond acceptors (Lipinski definition) is 4. The number of Topliss-reactive ketones (excluding diaryl/α,β-unsaturated/α-hetero) is 1. The molecule has 0 aromatic rings. The van der Waals surface area contributed by atoms with Crippen LogP contribution in [0.2, 0.25) is 0 Å². The minimum Gasteiger partial charge on any atom is -0.298 e. The summed E-state index contributed by atoms with van der Waals surface area (Å²) >= 11 is 1.78. The van der Waals surface area contributed by atoms with Gasteiger partial charge < -0.3 is 0 Å². The van der Waals surface area contributed by atoms with Crippen LogP contribution in [-0.4, -0.2) is 48.9 Å². The highest BCUT2D eigenvalue weighted by Gasteiger charge is 2.30. The monoisotopic (exact) mass is 305 g/mol. The van der Waals surface area contributed by atoms with Gasteiger partial charge in [0.15, 0.2) is 0 Å². The van der Waals surface area contributed by atoms with Gasteiger partial charge >= 0.3 is 0 Å². The molecule has 0 aromatic heterocycles. The number of rotatable bonds is 4. The number of nitrogens with zero attached hydrogens (tertiary/aromatic N) is 1. The second kappa shape index (κ2) is 6.59. The molecule has 2 heterocycles. The lowest BCUT2D eigenvalue weighted by Gasteiger charge is -2.31. The van der Waals surface area contributed by atoms with Crippen molar-refractivity contribution in [2.75, 3.05) is 25.1 Å². The van der Waals surface area contributed by atoms with Crippen molar-refractivity contribution in [2.24, 2.45) is 5.92 Å². The lowest BCUT2D eigenvalue weighted by atomic mass is 9.92. The number of piperidine rings is 1. The normalized spacial score (nSPS) is 30.2. The Kier molecular flexibility index (Phi) is 5.31.